The van der Waals surface area contributed by atoms with Gasteiger partial charge in [0.1, 0.15) is 17.1 Å². The first-order valence-corrected chi connectivity index (χ1v) is 14.8. The zero-order valence-electron chi connectivity index (χ0n) is 25.4. The molecule has 0 bridgehead atoms. The smallest absolute Gasteiger partial charge is 0.198 e. The Morgan fingerprint density at radius 3 is 2.15 bits per heavy atom. The lowest BCUT2D eigenvalue weighted by Gasteiger charge is -2.43. The van der Waals surface area contributed by atoms with Gasteiger partial charge in [0.05, 0.1) is 29.4 Å². The van der Waals surface area contributed by atoms with E-state index < -0.39 is 52.8 Å². The van der Waals surface area contributed by atoms with Crippen LogP contribution < -0.4 is 11.1 Å². The maximum atomic E-state index is 13.6. The third-order valence-electron chi connectivity index (χ3n) is 9.54. The number of aliphatic hydroxyl groups excluding tert-OH is 1. The van der Waals surface area contributed by atoms with Crippen molar-refractivity contribution in [3.05, 3.63) is 87.5 Å². The van der Waals surface area contributed by atoms with Crippen LogP contribution >= 0.6 is 24.8 Å². The zero-order valence-corrected chi connectivity index (χ0v) is 27.0. The summed E-state index contributed by atoms with van der Waals surface area (Å²) in [5.74, 6) is -3.06. The number of nitrogen functional groups attached to an aromatic ring is 1. The van der Waals surface area contributed by atoms with E-state index in [1.807, 2.05) is 25.1 Å². The summed E-state index contributed by atoms with van der Waals surface area (Å²) in [4.78, 5) is 39.7. The molecule has 3 aromatic rings. The molecule has 47 heavy (non-hydrogen) atoms. The number of halogens is 2. The number of hydrogen-bond donors (Lipinski definition) is 6. The van der Waals surface area contributed by atoms with Crippen LogP contribution in [0.3, 0.4) is 0 Å². The number of para-hydroxylation sites is 1. The van der Waals surface area contributed by atoms with Crippen molar-refractivity contribution in [2.24, 2.45) is 5.92 Å². The average molecular weight is 690 g/mol. The molecule has 0 heterocycles. The Balaban J connectivity index is 0.00000200. The third-order valence-corrected chi connectivity index (χ3v) is 9.54. The van der Waals surface area contributed by atoms with Crippen molar-refractivity contribution in [2.45, 2.75) is 83.5 Å². The first kappa shape index (κ1) is 37.9. The van der Waals surface area contributed by atoms with E-state index in [-0.39, 0.29) is 90.4 Å². The molecule has 12 heteroatoms. The Hall–Kier alpha value is -3.51. The second-order valence-electron chi connectivity index (χ2n) is 12.4. The minimum Gasteiger partial charge on any atom is -0.507 e. The molecule has 7 N–H and O–H groups in total. The molecule has 1 fully saturated rings. The summed E-state index contributed by atoms with van der Waals surface area (Å²) in [7, 11) is 0. The summed E-state index contributed by atoms with van der Waals surface area (Å²) in [6.45, 7) is 3.55. The molecule has 0 aliphatic heterocycles. The first-order chi connectivity index (χ1) is 20.9. The van der Waals surface area contributed by atoms with Crippen molar-refractivity contribution in [3.63, 3.8) is 0 Å². The fourth-order valence-electron chi connectivity index (χ4n) is 7.02. The molecular formula is C35H42Cl2N2O8. The molecule has 6 atom stereocenters. The Kier molecular flexibility index (Phi) is 11.6. The summed E-state index contributed by atoms with van der Waals surface area (Å²) >= 11 is 0. The number of phenols is 2. The Morgan fingerprint density at radius 1 is 0.979 bits per heavy atom. The van der Waals surface area contributed by atoms with Crippen molar-refractivity contribution >= 4 is 47.9 Å². The normalized spacial score (nSPS) is 26.0. The zero-order chi connectivity index (χ0) is 31.5. The van der Waals surface area contributed by atoms with E-state index in [0.717, 1.165) is 5.56 Å². The number of benzene rings is 3. The molecule has 6 rings (SSSR count). The van der Waals surface area contributed by atoms with Crippen molar-refractivity contribution in [3.8, 4) is 11.5 Å². The van der Waals surface area contributed by atoms with Gasteiger partial charge in [0.2, 0.25) is 0 Å². The van der Waals surface area contributed by atoms with Gasteiger partial charge in [-0.2, -0.15) is 0 Å². The number of anilines is 1. The summed E-state index contributed by atoms with van der Waals surface area (Å²) in [5.41, 5.74) is 5.26. The van der Waals surface area contributed by atoms with Gasteiger partial charge in [-0.25, -0.2) is 0 Å². The fraction of sp³-hybridized carbons (Fsp3) is 0.400. The van der Waals surface area contributed by atoms with Gasteiger partial charge in [0, 0.05) is 53.4 Å². The number of rotatable bonds is 6. The van der Waals surface area contributed by atoms with Crippen LogP contribution in [0.4, 0.5) is 5.69 Å². The van der Waals surface area contributed by atoms with Crippen LogP contribution in [0, 0.1) is 5.92 Å². The van der Waals surface area contributed by atoms with Crippen LogP contribution in [-0.2, 0) is 22.5 Å². The Morgan fingerprint density at radius 2 is 1.55 bits per heavy atom. The van der Waals surface area contributed by atoms with E-state index in [1.165, 1.54) is 19.1 Å². The largest absolute Gasteiger partial charge is 0.507 e. The summed E-state index contributed by atoms with van der Waals surface area (Å²) in [6.07, 6.45) is -2.05. The molecule has 0 saturated heterocycles. The first-order valence-electron chi connectivity index (χ1n) is 14.8. The van der Waals surface area contributed by atoms with Gasteiger partial charge in [-0.15, -0.1) is 24.8 Å². The van der Waals surface area contributed by atoms with Gasteiger partial charge in [-0.1, -0.05) is 56.8 Å². The maximum absolute atomic E-state index is 13.6. The number of Topliss-reactive ketones (excluding diaryl/α,β-unsaturated/α-hetero) is 1. The van der Waals surface area contributed by atoms with E-state index in [4.69, 9.17) is 10.5 Å². The molecule has 0 aromatic heterocycles. The molecule has 254 valence electrons. The Bertz CT molecular complexity index is 1700. The number of ether oxygens (including phenoxy) is 1. The molecule has 3 aliphatic carbocycles. The molecule has 1 saturated carbocycles. The van der Waals surface area contributed by atoms with E-state index in [9.17, 15) is 34.8 Å². The lowest BCUT2D eigenvalue weighted by atomic mass is 9.72. The van der Waals surface area contributed by atoms with Gasteiger partial charge in [-0.3, -0.25) is 14.4 Å². The van der Waals surface area contributed by atoms with Gasteiger partial charge < -0.3 is 36.2 Å². The molecule has 10 nitrogen and oxygen atoms in total. The van der Waals surface area contributed by atoms with Crippen LogP contribution in [0.15, 0.2) is 48.5 Å². The molecule has 0 amide bonds. The highest BCUT2D eigenvalue weighted by Gasteiger charge is 2.49. The van der Waals surface area contributed by atoms with Gasteiger partial charge in [-0.05, 0) is 37.3 Å². The topological polar surface area (TPSA) is 179 Å². The lowest BCUT2D eigenvalue weighted by Crippen LogP contribution is -2.51. The standard InChI is InChI=1S/C34H36N2O8.CH4.2ClH/c1-16-11-19(12-24(29(16)38)36-15-18-7-3-6-10-23(18)35)44-25-14-34(43,17(2)37)13-22-26(25)33(42)28-27(32(22)41)30(39)20-8-4-5-9-21(20)31(28)40;;;/h3-10,16,19,24-25,29,36,38,41-43H,11-15,35H2,1-2H3;1H4;2*1H/t16?,19?,24?,25-,29?,34-;;;/m0.../s1. The summed E-state index contributed by atoms with van der Waals surface area (Å²) in [6, 6.07) is 13.2. The molecular weight excluding hydrogens is 647 g/mol. The van der Waals surface area contributed by atoms with Crippen LogP contribution in [0.5, 0.6) is 11.5 Å². The minimum atomic E-state index is -1.95. The third kappa shape index (κ3) is 6.50. The second kappa shape index (κ2) is 14.3. The van der Waals surface area contributed by atoms with Crippen LogP contribution in [0.1, 0.15) is 95.2 Å². The number of hydrogen-bond acceptors (Lipinski definition) is 10. The quantitative estimate of drug-likeness (QED) is 0.124. The fourth-order valence-corrected chi connectivity index (χ4v) is 7.02. The van der Waals surface area contributed by atoms with E-state index >= 15 is 0 Å². The highest BCUT2D eigenvalue weighted by molar-refractivity contribution is 6.30. The maximum Gasteiger partial charge on any atom is 0.198 e. The predicted octanol–water partition coefficient (Wildman–Crippen LogP) is 4.58. The highest BCUT2D eigenvalue weighted by atomic mass is 35.5. The lowest BCUT2D eigenvalue weighted by molar-refractivity contribution is -0.147. The molecule has 0 radical (unpaired) electrons. The van der Waals surface area contributed by atoms with Crippen LogP contribution in [0.2, 0.25) is 0 Å². The number of nitrogens with two attached hydrogens (primary N) is 1. The monoisotopic (exact) mass is 688 g/mol. The van der Waals surface area contributed by atoms with E-state index in [1.54, 1.807) is 18.2 Å². The van der Waals surface area contributed by atoms with Crippen LogP contribution in [-0.4, -0.2) is 61.6 Å². The van der Waals surface area contributed by atoms with Gasteiger partial charge in [0.25, 0.3) is 0 Å². The molecule has 3 aliphatic rings. The average Bonchev–Trinajstić information content (AvgIpc) is 2.99. The Labute approximate surface area is 286 Å². The second-order valence-corrected chi connectivity index (χ2v) is 12.4. The number of carbonyl (C=O) groups excluding carboxylic acids is 3. The minimum absolute atomic E-state index is 0. The number of phenolic OH excluding ortho intramolecular Hbond substituents is 2. The number of ketones is 3. The number of aliphatic hydroxyl groups is 2. The van der Waals surface area contributed by atoms with Gasteiger partial charge >= 0.3 is 0 Å². The van der Waals surface area contributed by atoms with Crippen LogP contribution in [0.25, 0.3) is 0 Å². The number of nitrogens with one attached hydrogen (secondary N) is 1. The number of aromatic hydroxyl groups is 2. The highest BCUT2D eigenvalue weighted by Crippen LogP contribution is 2.52. The number of carbonyl (C=O) groups is 3. The predicted molar refractivity (Wildman–Crippen MR) is 182 cm³/mol. The van der Waals surface area contributed by atoms with Crippen molar-refractivity contribution < 1.29 is 39.5 Å². The van der Waals surface area contributed by atoms with Gasteiger partial charge in [0.15, 0.2) is 17.3 Å². The molecule has 3 aromatic carbocycles. The van der Waals surface area contributed by atoms with Crippen molar-refractivity contribution in [2.75, 3.05) is 5.73 Å². The van der Waals surface area contributed by atoms with E-state index in [2.05, 4.69) is 5.32 Å². The molecule has 0 spiro atoms. The SMILES string of the molecule is C.CC(=O)[C@]1(O)Cc2c(O)c3c(c(O)c2[C@@H](OC2CC(C)C(O)C(NCc4ccccc4N)C2)C1)C(=O)c1ccccc1C3=O.Cl.Cl. The molecule has 4 unspecified atom stereocenters. The van der Waals surface area contributed by atoms with E-state index in [0.29, 0.717) is 25.1 Å². The number of fused-ring (bicyclic) bond motifs is 3. The summed E-state index contributed by atoms with van der Waals surface area (Å²) in [5, 5.41) is 48.9. The summed E-state index contributed by atoms with van der Waals surface area (Å²) < 4.78 is 6.53. The van der Waals surface area contributed by atoms with Crippen molar-refractivity contribution in [1.29, 1.82) is 0 Å². The van der Waals surface area contributed by atoms with Crippen molar-refractivity contribution in [1.82, 2.24) is 5.32 Å².